The van der Waals surface area contributed by atoms with Gasteiger partial charge in [-0.05, 0) is 41.7 Å². The molecule has 0 saturated heterocycles. The molecule has 4 nitrogen and oxygen atoms in total. The number of aryl methyl sites for hydroxylation is 2. The summed E-state index contributed by atoms with van der Waals surface area (Å²) in [7, 11) is 0. The van der Waals surface area contributed by atoms with Crippen molar-refractivity contribution < 1.29 is 0 Å². The summed E-state index contributed by atoms with van der Waals surface area (Å²) in [6, 6.07) is 6.14. The highest BCUT2D eigenvalue weighted by Gasteiger charge is 2.30. The predicted molar refractivity (Wildman–Crippen MR) is 113 cm³/mol. The van der Waals surface area contributed by atoms with Gasteiger partial charge >= 0.3 is 11.1 Å². The van der Waals surface area contributed by atoms with Gasteiger partial charge in [-0.25, -0.2) is 0 Å². The molecule has 0 N–H and O–H groups in total. The van der Waals surface area contributed by atoms with E-state index in [1.807, 2.05) is 12.1 Å². The summed E-state index contributed by atoms with van der Waals surface area (Å²) in [6.45, 7) is 12.5. The van der Waals surface area contributed by atoms with Gasteiger partial charge in [-0.3, -0.25) is 9.59 Å². The molecule has 0 amide bonds. The van der Waals surface area contributed by atoms with Gasteiger partial charge in [0.15, 0.2) is 0 Å². The van der Waals surface area contributed by atoms with Crippen LogP contribution in [0, 0.1) is 11.8 Å². The standard InChI is InChI=1S/C23H34N2O2/c1-16(2)8-6-9-17(3)12-14-24-19-11-7-10-18-20(19)25(22(27)21(24)26)15-13-23(18,4)5/h7,10-11,16-17H,6,8-9,12-15H2,1-5H3. The van der Waals surface area contributed by atoms with Crippen LogP contribution in [0.1, 0.15) is 72.3 Å². The van der Waals surface area contributed by atoms with Crippen molar-refractivity contribution >= 4 is 11.0 Å². The van der Waals surface area contributed by atoms with Crippen molar-refractivity contribution in [1.82, 2.24) is 9.13 Å². The smallest absolute Gasteiger partial charge is 0.302 e. The molecule has 0 aliphatic carbocycles. The van der Waals surface area contributed by atoms with E-state index in [1.165, 1.54) is 24.8 Å². The van der Waals surface area contributed by atoms with Crippen molar-refractivity contribution in [1.29, 1.82) is 0 Å². The van der Waals surface area contributed by atoms with Crippen molar-refractivity contribution in [2.75, 3.05) is 0 Å². The van der Waals surface area contributed by atoms with Gasteiger partial charge in [-0.15, -0.1) is 0 Å². The number of hydrogen-bond donors (Lipinski definition) is 0. The van der Waals surface area contributed by atoms with Crippen LogP contribution in [-0.2, 0) is 18.5 Å². The largest absolute Gasteiger partial charge is 0.316 e. The van der Waals surface area contributed by atoms with E-state index in [-0.39, 0.29) is 16.5 Å². The topological polar surface area (TPSA) is 44.0 Å². The molecule has 2 aromatic rings. The fourth-order valence-corrected chi connectivity index (χ4v) is 4.35. The maximum Gasteiger partial charge on any atom is 0.316 e. The van der Waals surface area contributed by atoms with Gasteiger partial charge in [0.05, 0.1) is 11.0 Å². The summed E-state index contributed by atoms with van der Waals surface area (Å²) >= 11 is 0. The van der Waals surface area contributed by atoms with Crippen molar-refractivity contribution in [2.24, 2.45) is 11.8 Å². The van der Waals surface area contributed by atoms with Crippen LogP contribution in [0.5, 0.6) is 0 Å². The number of rotatable bonds is 7. The number of para-hydroxylation sites is 1. The lowest BCUT2D eigenvalue weighted by Gasteiger charge is -2.33. The normalized spacial score (nSPS) is 16.8. The SMILES string of the molecule is CC(C)CCCC(C)CCn1c(=O)c(=O)n2c3c(cccc31)C(C)(C)CC2. The van der Waals surface area contributed by atoms with Gasteiger partial charge in [0.25, 0.3) is 0 Å². The van der Waals surface area contributed by atoms with E-state index in [1.54, 1.807) is 9.13 Å². The molecule has 1 aliphatic heterocycles. The van der Waals surface area contributed by atoms with Gasteiger partial charge in [-0.1, -0.05) is 66.0 Å². The second kappa shape index (κ2) is 7.65. The maximum atomic E-state index is 12.8. The molecule has 2 heterocycles. The van der Waals surface area contributed by atoms with Crippen LogP contribution in [0.15, 0.2) is 27.8 Å². The molecule has 0 fully saturated rings. The summed E-state index contributed by atoms with van der Waals surface area (Å²) in [5, 5.41) is 0. The Balaban J connectivity index is 1.93. The van der Waals surface area contributed by atoms with E-state index in [0.29, 0.717) is 19.0 Å². The summed E-state index contributed by atoms with van der Waals surface area (Å²) in [4.78, 5) is 25.6. The summed E-state index contributed by atoms with van der Waals surface area (Å²) in [6.07, 6.45) is 5.48. The first-order valence-corrected chi connectivity index (χ1v) is 10.5. The minimum atomic E-state index is -0.367. The van der Waals surface area contributed by atoms with Gasteiger partial charge in [0.1, 0.15) is 0 Å². The number of aromatic nitrogens is 2. The highest BCUT2D eigenvalue weighted by molar-refractivity contribution is 5.80. The third-order valence-electron chi connectivity index (χ3n) is 6.26. The summed E-state index contributed by atoms with van der Waals surface area (Å²) in [5.41, 5.74) is 2.36. The highest BCUT2D eigenvalue weighted by atomic mass is 16.2. The highest BCUT2D eigenvalue weighted by Crippen LogP contribution is 2.36. The maximum absolute atomic E-state index is 12.8. The van der Waals surface area contributed by atoms with Crippen LogP contribution < -0.4 is 11.1 Å². The Morgan fingerprint density at radius 1 is 1.04 bits per heavy atom. The zero-order chi connectivity index (χ0) is 19.8. The van der Waals surface area contributed by atoms with Gasteiger partial charge in [0, 0.05) is 13.1 Å². The first-order chi connectivity index (χ1) is 12.7. The number of hydrogen-bond acceptors (Lipinski definition) is 2. The molecule has 1 atom stereocenters. The molecule has 1 aromatic heterocycles. The Hall–Kier alpha value is -1.84. The molecule has 0 bridgehead atoms. The van der Waals surface area contributed by atoms with Crippen molar-refractivity contribution in [3.05, 3.63) is 44.5 Å². The van der Waals surface area contributed by atoms with Gasteiger partial charge < -0.3 is 9.13 Å². The summed E-state index contributed by atoms with van der Waals surface area (Å²) in [5.74, 6) is 1.30. The fourth-order valence-electron chi connectivity index (χ4n) is 4.35. The predicted octanol–water partition coefficient (Wildman–Crippen LogP) is 4.70. The molecule has 0 radical (unpaired) electrons. The zero-order valence-corrected chi connectivity index (χ0v) is 17.5. The van der Waals surface area contributed by atoms with Crippen LogP contribution >= 0.6 is 0 Å². The van der Waals surface area contributed by atoms with Crippen molar-refractivity contribution in [3.63, 3.8) is 0 Å². The molecule has 0 saturated carbocycles. The van der Waals surface area contributed by atoms with Crippen LogP contribution in [0.4, 0.5) is 0 Å². The van der Waals surface area contributed by atoms with E-state index in [2.05, 4.69) is 40.7 Å². The minimum absolute atomic E-state index is 0.0261. The lowest BCUT2D eigenvalue weighted by Crippen LogP contribution is -2.44. The minimum Gasteiger partial charge on any atom is -0.302 e. The molecular formula is C23H34N2O2. The zero-order valence-electron chi connectivity index (χ0n) is 17.5. The number of nitrogens with zero attached hydrogens (tertiary/aromatic N) is 2. The molecule has 27 heavy (non-hydrogen) atoms. The fraction of sp³-hybridized carbons (Fsp3) is 0.652. The van der Waals surface area contributed by atoms with E-state index in [9.17, 15) is 9.59 Å². The third kappa shape index (κ3) is 3.90. The third-order valence-corrected chi connectivity index (χ3v) is 6.26. The second-order valence-electron chi connectivity index (χ2n) is 9.44. The first-order valence-electron chi connectivity index (χ1n) is 10.5. The lowest BCUT2D eigenvalue weighted by atomic mass is 9.78. The monoisotopic (exact) mass is 370 g/mol. The van der Waals surface area contributed by atoms with E-state index in [4.69, 9.17) is 0 Å². The molecular weight excluding hydrogens is 336 g/mol. The molecule has 0 spiro atoms. The van der Waals surface area contributed by atoms with Crippen LogP contribution in [-0.4, -0.2) is 9.13 Å². The van der Waals surface area contributed by atoms with Crippen LogP contribution in [0.2, 0.25) is 0 Å². The van der Waals surface area contributed by atoms with Gasteiger partial charge in [-0.2, -0.15) is 0 Å². The van der Waals surface area contributed by atoms with Crippen LogP contribution in [0.25, 0.3) is 11.0 Å². The molecule has 1 unspecified atom stereocenters. The Morgan fingerprint density at radius 2 is 1.78 bits per heavy atom. The average Bonchev–Trinajstić information content (AvgIpc) is 2.60. The molecule has 1 aromatic carbocycles. The molecule has 3 rings (SSSR count). The quantitative estimate of drug-likeness (QED) is 0.663. The Kier molecular flexibility index (Phi) is 5.64. The summed E-state index contributed by atoms with van der Waals surface area (Å²) < 4.78 is 3.44. The van der Waals surface area contributed by atoms with Gasteiger partial charge in [0.2, 0.25) is 0 Å². The molecule has 4 heteroatoms. The van der Waals surface area contributed by atoms with Crippen molar-refractivity contribution in [3.8, 4) is 0 Å². The lowest BCUT2D eigenvalue weighted by molar-refractivity contribution is 0.403. The first kappa shape index (κ1) is 19.9. The Labute approximate surface area is 162 Å². The van der Waals surface area contributed by atoms with E-state index >= 15 is 0 Å². The Bertz CT molecular complexity index is 934. The average molecular weight is 371 g/mol. The number of benzene rings is 1. The molecule has 148 valence electrons. The van der Waals surface area contributed by atoms with Crippen LogP contribution in [0.3, 0.4) is 0 Å². The molecule has 1 aliphatic rings. The van der Waals surface area contributed by atoms with E-state index < -0.39 is 0 Å². The van der Waals surface area contributed by atoms with Crippen molar-refractivity contribution in [2.45, 2.75) is 85.2 Å². The second-order valence-corrected chi connectivity index (χ2v) is 9.44. The Morgan fingerprint density at radius 3 is 2.48 bits per heavy atom. The van der Waals surface area contributed by atoms with E-state index in [0.717, 1.165) is 29.8 Å².